The van der Waals surface area contributed by atoms with Crippen molar-refractivity contribution >= 4 is 0 Å². The topological polar surface area (TPSA) is 0 Å². The molecule has 1 aromatic rings. The zero-order valence-electron chi connectivity index (χ0n) is 13.4. The summed E-state index contributed by atoms with van der Waals surface area (Å²) in [5, 5.41) is 0. The number of benzene rings is 1. The highest BCUT2D eigenvalue weighted by Gasteiger charge is 1.84. The van der Waals surface area contributed by atoms with Crippen LogP contribution in [0.1, 0.15) is 72.4 Å². The normalized spacial score (nSPS) is 7.53. The second-order valence-corrected chi connectivity index (χ2v) is 3.75. The first-order valence-corrected chi connectivity index (χ1v) is 7.21. The van der Waals surface area contributed by atoms with E-state index < -0.39 is 0 Å². The summed E-state index contributed by atoms with van der Waals surface area (Å²) in [5.74, 6) is 0. The van der Waals surface area contributed by atoms with Gasteiger partial charge in [0.05, 0.1) is 0 Å². The molecule has 0 nitrogen and oxygen atoms in total. The second-order valence-electron chi connectivity index (χ2n) is 3.75. The monoisotopic (exact) mass is 238 g/mol. The zero-order chi connectivity index (χ0) is 14.1. The molecule has 102 valence electrons. The second kappa shape index (κ2) is 20.6. The van der Waals surface area contributed by atoms with Crippen molar-refractivity contribution in [2.75, 3.05) is 0 Å². The van der Waals surface area contributed by atoms with E-state index in [9.17, 15) is 0 Å². The van der Waals surface area contributed by atoms with E-state index in [1.165, 1.54) is 24.0 Å². The first-order valence-electron chi connectivity index (χ1n) is 7.21. The summed E-state index contributed by atoms with van der Waals surface area (Å²) in [6, 6.07) is 8.66. The number of rotatable bonds is 1. The molecule has 1 rings (SSSR count). The van der Waals surface area contributed by atoms with E-state index in [0.717, 1.165) is 6.42 Å². The Morgan fingerprint density at radius 2 is 1.00 bits per heavy atom. The minimum atomic E-state index is 1.14. The molecule has 0 bridgehead atoms. The fourth-order valence-electron chi connectivity index (χ4n) is 0.824. The minimum Gasteiger partial charge on any atom is -0.0683 e. The van der Waals surface area contributed by atoms with Gasteiger partial charge in [-0.25, -0.2) is 0 Å². The lowest BCUT2D eigenvalue weighted by Crippen LogP contribution is -1.77. The molecule has 0 aliphatic carbocycles. The lowest BCUT2D eigenvalue weighted by molar-refractivity contribution is 1.09. The van der Waals surface area contributed by atoms with Crippen molar-refractivity contribution in [1.29, 1.82) is 0 Å². The van der Waals surface area contributed by atoms with Crippen LogP contribution in [0.15, 0.2) is 24.3 Å². The lowest BCUT2D eigenvalue weighted by atomic mass is 10.1. The standard InChI is InChI=1S/C9H12.2C3H8.C2H6/c1-3-9-6-4-8(2)5-7-9;2*1-3-2;1-2/h4-7H,3H2,1-2H3;2*3H2,1-2H3;1-2H3. The molecule has 0 saturated heterocycles. The third-order valence-corrected chi connectivity index (χ3v) is 1.53. The SMILES string of the molecule is CC.CCC.CCC.CCc1ccc(C)cc1. The van der Waals surface area contributed by atoms with Crippen molar-refractivity contribution < 1.29 is 0 Å². The average Bonchev–Trinajstić information content (AvgIpc) is 2.35. The highest BCUT2D eigenvalue weighted by atomic mass is 13.9. The van der Waals surface area contributed by atoms with Gasteiger partial charge in [-0.05, 0) is 18.9 Å². The van der Waals surface area contributed by atoms with Crippen LogP contribution < -0.4 is 0 Å². The molecule has 17 heavy (non-hydrogen) atoms. The molecule has 1 aromatic carbocycles. The van der Waals surface area contributed by atoms with Gasteiger partial charge in [0.15, 0.2) is 0 Å². The number of hydrogen-bond acceptors (Lipinski definition) is 0. The third-order valence-electron chi connectivity index (χ3n) is 1.53. The fourth-order valence-corrected chi connectivity index (χ4v) is 0.824. The minimum absolute atomic E-state index is 1.14. The Morgan fingerprint density at radius 3 is 1.24 bits per heavy atom. The third kappa shape index (κ3) is 21.1. The van der Waals surface area contributed by atoms with Crippen molar-refractivity contribution in [3.63, 3.8) is 0 Å². The van der Waals surface area contributed by atoms with Gasteiger partial charge in [-0.1, -0.05) is 91.1 Å². The molecular formula is C17H34. The van der Waals surface area contributed by atoms with Crippen LogP contribution >= 0.6 is 0 Å². The Hall–Kier alpha value is -0.780. The molecular weight excluding hydrogens is 204 g/mol. The number of aryl methyl sites for hydroxylation is 2. The maximum Gasteiger partial charge on any atom is -0.0307 e. The fraction of sp³-hybridized carbons (Fsp3) is 0.647. The van der Waals surface area contributed by atoms with E-state index in [1.54, 1.807) is 0 Å². The predicted octanol–water partition coefficient (Wildman–Crippen LogP) is 6.42. The first kappa shape index (κ1) is 21.5. The van der Waals surface area contributed by atoms with Crippen LogP contribution in [0.5, 0.6) is 0 Å². The molecule has 0 saturated carbocycles. The highest BCUT2D eigenvalue weighted by molar-refractivity contribution is 5.20. The van der Waals surface area contributed by atoms with E-state index in [-0.39, 0.29) is 0 Å². The van der Waals surface area contributed by atoms with Crippen LogP contribution in [0.4, 0.5) is 0 Å². The van der Waals surface area contributed by atoms with Crippen molar-refractivity contribution in [1.82, 2.24) is 0 Å². The number of hydrogen-bond donors (Lipinski definition) is 0. The Morgan fingerprint density at radius 1 is 0.706 bits per heavy atom. The van der Waals surface area contributed by atoms with Crippen molar-refractivity contribution in [2.24, 2.45) is 0 Å². The van der Waals surface area contributed by atoms with Crippen molar-refractivity contribution in [3.8, 4) is 0 Å². The maximum atomic E-state index is 2.18. The van der Waals surface area contributed by atoms with Crippen LogP contribution in [0.2, 0.25) is 0 Å². The molecule has 0 N–H and O–H groups in total. The van der Waals surface area contributed by atoms with E-state index in [2.05, 4.69) is 65.8 Å². The summed E-state index contributed by atoms with van der Waals surface area (Å²) >= 11 is 0. The Balaban J connectivity index is -0.000000207. The Kier molecular flexibility index (Phi) is 26.1. The van der Waals surface area contributed by atoms with Crippen LogP contribution in [0, 0.1) is 6.92 Å². The summed E-state index contributed by atoms with van der Waals surface area (Å²) in [6.07, 6.45) is 3.64. The summed E-state index contributed by atoms with van der Waals surface area (Å²) in [7, 11) is 0. The smallest absolute Gasteiger partial charge is 0.0307 e. The maximum absolute atomic E-state index is 2.18. The quantitative estimate of drug-likeness (QED) is 0.530. The van der Waals surface area contributed by atoms with Crippen LogP contribution in [-0.2, 0) is 6.42 Å². The van der Waals surface area contributed by atoms with E-state index >= 15 is 0 Å². The van der Waals surface area contributed by atoms with Gasteiger partial charge >= 0.3 is 0 Å². The summed E-state index contributed by atoms with van der Waals surface area (Å²) < 4.78 is 0. The van der Waals surface area contributed by atoms with Gasteiger partial charge in [-0.15, -0.1) is 0 Å². The molecule has 0 aliphatic heterocycles. The van der Waals surface area contributed by atoms with Gasteiger partial charge in [0.1, 0.15) is 0 Å². The zero-order valence-corrected chi connectivity index (χ0v) is 13.4. The van der Waals surface area contributed by atoms with Crippen LogP contribution in [-0.4, -0.2) is 0 Å². The Bertz CT molecular complexity index is 194. The van der Waals surface area contributed by atoms with Gasteiger partial charge in [0, 0.05) is 0 Å². The molecule has 0 heteroatoms. The summed E-state index contributed by atoms with van der Waals surface area (Å²) in [5.41, 5.74) is 2.76. The molecule has 0 radical (unpaired) electrons. The average molecular weight is 238 g/mol. The first-order chi connectivity index (χ1) is 8.15. The Labute approximate surface area is 110 Å². The van der Waals surface area contributed by atoms with Gasteiger partial charge in [-0.2, -0.15) is 0 Å². The summed E-state index contributed by atoms with van der Waals surface area (Å²) in [6.45, 7) is 16.8. The van der Waals surface area contributed by atoms with Crippen LogP contribution in [0.25, 0.3) is 0 Å². The summed E-state index contributed by atoms with van der Waals surface area (Å²) in [4.78, 5) is 0. The molecule has 0 amide bonds. The highest BCUT2D eigenvalue weighted by Crippen LogP contribution is 2.02. The molecule has 0 spiro atoms. The van der Waals surface area contributed by atoms with Gasteiger partial charge in [-0.3, -0.25) is 0 Å². The van der Waals surface area contributed by atoms with Gasteiger partial charge in [0.25, 0.3) is 0 Å². The predicted molar refractivity (Wildman–Crippen MR) is 83.8 cm³/mol. The lowest BCUT2D eigenvalue weighted by Gasteiger charge is -1.94. The van der Waals surface area contributed by atoms with E-state index in [4.69, 9.17) is 0 Å². The molecule has 0 aromatic heterocycles. The van der Waals surface area contributed by atoms with E-state index in [0.29, 0.717) is 0 Å². The molecule has 0 unspecified atom stereocenters. The molecule has 0 atom stereocenters. The van der Waals surface area contributed by atoms with Crippen molar-refractivity contribution in [3.05, 3.63) is 35.4 Å². The van der Waals surface area contributed by atoms with Crippen molar-refractivity contribution in [2.45, 2.75) is 74.7 Å². The molecule has 0 aliphatic rings. The molecule has 0 heterocycles. The van der Waals surface area contributed by atoms with Gasteiger partial charge < -0.3 is 0 Å². The van der Waals surface area contributed by atoms with E-state index in [1.807, 2.05) is 13.8 Å². The largest absolute Gasteiger partial charge is 0.0683 e. The molecule has 0 fully saturated rings. The van der Waals surface area contributed by atoms with Gasteiger partial charge in [0.2, 0.25) is 0 Å². The van der Waals surface area contributed by atoms with Crippen LogP contribution in [0.3, 0.4) is 0 Å².